The third kappa shape index (κ3) is 2.57. The summed E-state index contributed by atoms with van der Waals surface area (Å²) in [5.41, 5.74) is 5.22. The van der Waals surface area contributed by atoms with E-state index < -0.39 is 0 Å². The molecule has 6 heteroatoms. The third-order valence-electron chi connectivity index (χ3n) is 4.06. The number of fused-ring (bicyclic) bond motifs is 1. The zero-order valence-electron chi connectivity index (χ0n) is 12.6. The average Bonchev–Trinajstić information content (AvgIpc) is 3.10. The second-order valence-corrected chi connectivity index (χ2v) is 6.05. The zero-order valence-corrected chi connectivity index (χ0v) is 13.4. The lowest BCUT2D eigenvalue weighted by Gasteiger charge is -2.05. The van der Waals surface area contributed by atoms with Gasteiger partial charge in [-0.1, -0.05) is 30.3 Å². The van der Waals surface area contributed by atoms with E-state index in [1.165, 1.54) is 0 Å². The van der Waals surface area contributed by atoms with Gasteiger partial charge in [-0.25, -0.2) is 0 Å². The molecule has 24 heavy (non-hydrogen) atoms. The molecule has 3 N–H and O–H groups in total. The SMILES string of the molecule is O=C1NC(=S)N/C1=C/c1ccc(-c2ccc3c(c2)CNC3=O)cc1. The molecule has 4 rings (SSSR count). The van der Waals surface area contributed by atoms with Crippen molar-refractivity contribution < 1.29 is 9.59 Å². The van der Waals surface area contributed by atoms with E-state index in [1.807, 2.05) is 42.5 Å². The first kappa shape index (κ1) is 14.6. The summed E-state index contributed by atoms with van der Waals surface area (Å²) in [4.78, 5) is 23.3. The Morgan fingerprint density at radius 1 is 0.917 bits per heavy atom. The summed E-state index contributed by atoms with van der Waals surface area (Å²) in [5.74, 6) is -0.237. The first-order valence-corrected chi connectivity index (χ1v) is 7.86. The number of amides is 2. The Labute approximate surface area is 143 Å². The zero-order chi connectivity index (χ0) is 16.7. The van der Waals surface area contributed by atoms with Gasteiger partial charge in [0.05, 0.1) is 0 Å². The molecule has 2 aliphatic heterocycles. The van der Waals surface area contributed by atoms with E-state index in [1.54, 1.807) is 6.08 Å². The molecule has 1 saturated heterocycles. The Hall–Kier alpha value is -2.99. The molecule has 0 atom stereocenters. The molecule has 0 saturated carbocycles. The molecule has 2 aromatic rings. The van der Waals surface area contributed by atoms with E-state index in [0.717, 1.165) is 27.8 Å². The highest BCUT2D eigenvalue weighted by atomic mass is 32.1. The Kier molecular flexibility index (Phi) is 3.39. The van der Waals surface area contributed by atoms with E-state index in [0.29, 0.717) is 17.4 Å². The highest BCUT2D eigenvalue weighted by molar-refractivity contribution is 7.80. The van der Waals surface area contributed by atoms with Gasteiger partial charge in [0.2, 0.25) is 0 Å². The van der Waals surface area contributed by atoms with Crippen LogP contribution in [0.2, 0.25) is 0 Å². The summed E-state index contributed by atoms with van der Waals surface area (Å²) in [6.07, 6.45) is 1.75. The van der Waals surface area contributed by atoms with Crippen LogP contribution in [0.25, 0.3) is 17.2 Å². The van der Waals surface area contributed by atoms with Crippen molar-refractivity contribution >= 4 is 35.2 Å². The molecule has 5 nitrogen and oxygen atoms in total. The van der Waals surface area contributed by atoms with E-state index in [-0.39, 0.29) is 11.8 Å². The van der Waals surface area contributed by atoms with Crippen LogP contribution in [0.5, 0.6) is 0 Å². The van der Waals surface area contributed by atoms with Gasteiger partial charge in [-0.2, -0.15) is 0 Å². The van der Waals surface area contributed by atoms with Gasteiger partial charge in [0.15, 0.2) is 5.11 Å². The largest absolute Gasteiger partial charge is 0.348 e. The molecule has 0 aliphatic carbocycles. The number of rotatable bonds is 2. The standard InChI is InChI=1S/C18H13N3O2S/c22-16-14-6-5-12(8-13(14)9-19-16)11-3-1-10(2-4-11)7-15-17(23)21-18(24)20-15/h1-8H,9H2,(H,19,22)(H2,20,21,23,24)/b15-7+. The van der Waals surface area contributed by atoms with Crippen LogP contribution >= 0.6 is 12.2 Å². The van der Waals surface area contributed by atoms with Crippen LogP contribution in [-0.2, 0) is 11.3 Å². The van der Waals surface area contributed by atoms with Crippen LogP contribution in [0.15, 0.2) is 48.2 Å². The molecule has 2 amide bonds. The van der Waals surface area contributed by atoms with E-state index in [9.17, 15) is 9.59 Å². The van der Waals surface area contributed by atoms with Crippen LogP contribution in [0.3, 0.4) is 0 Å². The maximum atomic E-state index is 11.6. The predicted octanol–water partition coefficient (Wildman–Crippen LogP) is 1.94. The highest BCUT2D eigenvalue weighted by Gasteiger charge is 2.20. The second kappa shape index (κ2) is 5.58. The Bertz CT molecular complexity index is 916. The Morgan fingerprint density at radius 2 is 1.67 bits per heavy atom. The maximum absolute atomic E-state index is 11.6. The molecule has 0 unspecified atom stereocenters. The predicted molar refractivity (Wildman–Crippen MR) is 94.9 cm³/mol. The van der Waals surface area contributed by atoms with Crippen LogP contribution < -0.4 is 16.0 Å². The van der Waals surface area contributed by atoms with Crippen LogP contribution in [-0.4, -0.2) is 16.9 Å². The first-order valence-electron chi connectivity index (χ1n) is 7.46. The number of thiocarbonyl (C=S) groups is 1. The van der Waals surface area contributed by atoms with E-state index in [4.69, 9.17) is 12.2 Å². The quantitative estimate of drug-likeness (QED) is 0.579. The van der Waals surface area contributed by atoms with Gasteiger partial charge in [-0.3, -0.25) is 14.9 Å². The number of benzene rings is 2. The number of carbonyl (C=O) groups excluding carboxylic acids is 2. The lowest BCUT2D eigenvalue weighted by Crippen LogP contribution is -2.21. The fraction of sp³-hybridized carbons (Fsp3) is 0.0556. The van der Waals surface area contributed by atoms with Gasteiger partial charge in [0, 0.05) is 12.1 Å². The van der Waals surface area contributed by atoms with Gasteiger partial charge in [0.1, 0.15) is 5.70 Å². The molecule has 0 spiro atoms. The Morgan fingerprint density at radius 3 is 2.38 bits per heavy atom. The van der Waals surface area contributed by atoms with Crippen LogP contribution in [0.4, 0.5) is 0 Å². The minimum atomic E-state index is -0.222. The fourth-order valence-electron chi connectivity index (χ4n) is 2.83. The summed E-state index contributed by atoms with van der Waals surface area (Å²) in [6, 6.07) is 13.7. The van der Waals surface area contributed by atoms with Gasteiger partial charge in [-0.15, -0.1) is 0 Å². The van der Waals surface area contributed by atoms with Gasteiger partial charge >= 0.3 is 0 Å². The van der Waals surface area contributed by atoms with Crippen molar-refractivity contribution in [3.05, 3.63) is 64.9 Å². The Balaban J connectivity index is 1.61. The van der Waals surface area contributed by atoms with Crippen LogP contribution in [0.1, 0.15) is 21.5 Å². The molecule has 0 radical (unpaired) electrons. The number of nitrogens with one attached hydrogen (secondary N) is 3. The number of carbonyl (C=O) groups is 2. The van der Waals surface area contributed by atoms with Crippen molar-refractivity contribution in [2.75, 3.05) is 0 Å². The lowest BCUT2D eigenvalue weighted by atomic mass is 9.99. The minimum absolute atomic E-state index is 0.0150. The third-order valence-corrected chi connectivity index (χ3v) is 4.27. The normalized spacial score (nSPS) is 17.5. The molecular formula is C18H13N3O2S. The van der Waals surface area contributed by atoms with Crippen molar-refractivity contribution in [3.63, 3.8) is 0 Å². The molecule has 0 aromatic heterocycles. The van der Waals surface area contributed by atoms with Crippen molar-refractivity contribution in [2.24, 2.45) is 0 Å². The number of hydrogen-bond donors (Lipinski definition) is 3. The average molecular weight is 335 g/mol. The summed E-state index contributed by atoms with van der Waals surface area (Å²) in [7, 11) is 0. The maximum Gasteiger partial charge on any atom is 0.273 e. The molecule has 2 aromatic carbocycles. The van der Waals surface area contributed by atoms with Crippen molar-refractivity contribution in [2.45, 2.75) is 6.54 Å². The fourth-order valence-corrected chi connectivity index (χ4v) is 3.04. The molecule has 1 fully saturated rings. The molecule has 0 bridgehead atoms. The van der Waals surface area contributed by atoms with Crippen molar-refractivity contribution in [3.8, 4) is 11.1 Å². The molecule has 118 valence electrons. The molecule has 2 heterocycles. The van der Waals surface area contributed by atoms with Gasteiger partial charge in [-0.05, 0) is 52.7 Å². The van der Waals surface area contributed by atoms with Gasteiger partial charge in [0.25, 0.3) is 11.8 Å². The molecular weight excluding hydrogens is 322 g/mol. The van der Waals surface area contributed by atoms with Crippen molar-refractivity contribution in [1.82, 2.24) is 16.0 Å². The minimum Gasteiger partial charge on any atom is -0.348 e. The number of hydrogen-bond acceptors (Lipinski definition) is 3. The van der Waals surface area contributed by atoms with E-state index in [2.05, 4.69) is 16.0 Å². The highest BCUT2D eigenvalue weighted by Crippen LogP contribution is 2.25. The summed E-state index contributed by atoms with van der Waals surface area (Å²) >= 11 is 4.91. The first-order chi connectivity index (χ1) is 11.6. The summed E-state index contributed by atoms with van der Waals surface area (Å²) in [5, 5.41) is 8.50. The molecule has 2 aliphatic rings. The van der Waals surface area contributed by atoms with E-state index >= 15 is 0 Å². The summed E-state index contributed by atoms with van der Waals surface area (Å²) in [6.45, 7) is 0.576. The van der Waals surface area contributed by atoms with Crippen molar-refractivity contribution in [1.29, 1.82) is 0 Å². The monoisotopic (exact) mass is 335 g/mol. The topological polar surface area (TPSA) is 70.2 Å². The van der Waals surface area contributed by atoms with Crippen LogP contribution in [0, 0.1) is 0 Å². The second-order valence-electron chi connectivity index (χ2n) is 5.64. The lowest BCUT2D eigenvalue weighted by molar-refractivity contribution is -0.115. The smallest absolute Gasteiger partial charge is 0.273 e. The van der Waals surface area contributed by atoms with Gasteiger partial charge < -0.3 is 10.6 Å². The summed E-state index contributed by atoms with van der Waals surface area (Å²) < 4.78 is 0.